The number of carbonyl (C=O) groups is 5. The Morgan fingerprint density at radius 1 is 0.675 bits per heavy atom. The summed E-state index contributed by atoms with van der Waals surface area (Å²) in [6.45, 7) is 20.4. The number of carbonyl (C=O) groups excluding carboxylic acids is 5. The van der Waals surface area contributed by atoms with Crippen molar-refractivity contribution in [1.82, 2.24) is 0 Å². The van der Waals surface area contributed by atoms with E-state index in [1.54, 1.807) is 34.8 Å². The molecule has 0 radical (unpaired) electrons. The van der Waals surface area contributed by atoms with Crippen molar-refractivity contribution in [2.24, 2.45) is 5.92 Å². The van der Waals surface area contributed by atoms with Crippen molar-refractivity contribution in [1.29, 1.82) is 0 Å². The largest absolute Gasteiger partial charge is 0.466 e. The zero-order chi connectivity index (χ0) is 32.5. The zero-order valence-corrected chi connectivity index (χ0v) is 24.7. The molecule has 0 aliphatic rings. The molecule has 0 heterocycles. The molecule has 13 heteroatoms. The molecule has 0 aromatic heterocycles. The molecule has 0 saturated carbocycles. The number of aliphatic hydroxyl groups excluding tert-OH is 2. The minimum atomic E-state index is -0.501. The van der Waals surface area contributed by atoms with Gasteiger partial charge in [-0.05, 0) is 13.8 Å². The summed E-state index contributed by atoms with van der Waals surface area (Å²) in [5.41, 5.74) is 0.783. The van der Waals surface area contributed by atoms with E-state index in [2.05, 4.69) is 45.3 Å². The predicted molar refractivity (Wildman–Crippen MR) is 148 cm³/mol. The van der Waals surface area contributed by atoms with Gasteiger partial charge < -0.3 is 38.6 Å². The first-order valence-electron chi connectivity index (χ1n) is 11.6. The van der Waals surface area contributed by atoms with E-state index in [0.717, 1.165) is 12.2 Å². The topological polar surface area (TPSA) is 181 Å². The summed E-state index contributed by atoms with van der Waals surface area (Å²) in [7, 11) is 4.21. The predicted octanol–water partition coefficient (Wildman–Crippen LogP) is 1.72. The number of esters is 5. The second-order valence-corrected chi connectivity index (χ2v) is 7.05. The lowest BCUT2D eigenvalue weighted by Gasteiger charge is -2.05. The van der Waals surface area contributed by atoms with Gasteiger partial charge in [-0.15, -0.1) is 0 Å². The second-order valence-electron chi connectivity index (χ2n) is 7.05. The highest BCUT2D eigenvalue weighted by Gasteiger charge is 2.06. The molecule has 0 unspecified atom stereocenters. The lowest BCUT2D eigenvalue weighted by Crippen LogP contribution is -2.14. The van der Waals surface area contributed by atoms with E-state index in [1.165, 1.54) is 14.2 Å². The number of methoxy groups -OCH3 is 3. The average Bonchev–Trinajstić information content (AvgIpc) is 2.94. The molecular formula is C27H46O13. The Morgan fingerprint density at radius 3 is 1.38 bits per heavy atom. The highest BCUT2D eigenvalue weighted by molar-refractivity contribution is 5.87. The fourth-order valence-electron chi connectivity index (χ4n) is 1.12. The van der Waals surface area contributed by atoms with Crippen LogP contribution in [0.3, 0.4) is 0 Å². The minimum Gasteiger partial charge on any atom is -0.466 e. The van der Waals surface area contributed by atoms with Crippen LogP contribution in [0.2, 0.25) is 0 Å². The third kappa shape index (κ3) is 44.2. The van der Waals surface area contributed by atoms with E-state index in [-0.39, 0.29) is 44.3 Å². The van der Waals surface area contributed by atoms with Gasteiger partial charge >= 0.3 is 29.8 Å². The lowest BCUT2D eigenvalue weighted by atomic mass is 10.2. The van der Waals surface area contributed by atoms with E-state index < -0.39 is 17.9 Å². The second kappa shape index (κ2) is 35.2. The maximum atomic E-state index is 10.7. The summed E-state index contributed by atoms with van der Waals surface area (Å²) in [6.07, 6.45) is 2.16. The highest BCUT2D eigenvalue weighted by Crippen LogP contribution is 1.94. The molecule has 0 fully saturated rings. The molecule has 0 spiro atoms. The summed E-state index contributed by atoms with van der Waals surface area (Å²) in [6, 6.07) is 0. The Kier molecular flexibility index (Phi) is 40.5. The summed E-state index contributed by atoms with van der Waals surface area (Å²) >= 11 is 0. The first kappa shape index (κ1) is 46.1. The van der Waals surface area contributed by atoms with Gasteiger partial charge in [0, 0.05) is 30.4 Å². The zero-order valence-electron chi connectivity index (χ0n) is 24.7. The van der Waals surface area contributed by atoms with Gasteiger partial charge in [0.15, 0.2) is 0 Å². The van der Waals surface area contributed by atoms with Crippen molar-refractivity contribution in [2.45, 2.75) is 27.7 Å². The molecule has 232 valence electrons. The molecule has 2 N–H and O–H groups in total. The summed E-state index contributed by atoms with van der Waals surface area (Å²) in [5, 5.41) is 16.3. The fourth-order valence-corrected chi connectivity index (χ4v) is 1.12. The lowest BCUT2D eigenvalue weighted by molar-refractivity contribution is -0.148. The maximum Gasteiger partial charge on any atom is 0.333 e. The van der Waals surface area contributed by atoms with Crippen LogP contribution in [0, 0.1) is 5.92 Å². The van der Waals surface area contributed by atoms with Crippen LogP contribution in [0.1, 0.15) is 27.7 Å². The molecule has 0 rings (SSSR count). The summed E-state index contributed by atoms with van der Waals surface area (Å²) in [4.78, 5) is 51.4. The van der Waals surface area contributed by atoms with Crippen molar-refractivity contribution in [2.75, 3.05) is 61.0 Å². The molecule has 0 aliphatic carbocycles. The number of hydrogen-bond donors (Lipinski definition) is 2. The van der Waals surface area contributed by atoms with Crippen LogP contribution in [0.5, 0.6) is 0 Å². The Labute approximate surface area is 237 Å². The van der Waals surface area contributed by atoms with Gasteiger partial charge in [0.1, 0.15) is 19.8 Å². The number of ether oxygens (including phenoxy) is 6. The first-order chi connectivity index (χ1) is 18.7. The quantitative estimate of drug-likeness (QED) is 0.148. The first-order valence-corrected chi connectivity index (χ1v) is 11.6. The van der Waals surface area contributed by atoms with Gasteiger partial charge in [-0.3, -0.25) is 4.79 Å². The smallest absolute Gasteiger partial charge is 0.333 e. The van der Waals surface area contributed by atoms with E-state index in [0.29, 0.717) is 24.4 Å². The van der Waals surface area contributed by atoms with Crippen LogP contribution < -0.4 is 0 Å². The molecule has 13 nitrogen and oxygen atoms in total. The van der Waals surface area contributed by atoms with Gasteiger partial charge in [0.2, 0.25) is 0 Å². The van der Waals surface area contributed by atoms with Crippen LogP contribution in [0.15, 0.2) is 49.6 Å². The van der Waals surface area contributed by atoms with Crippen molar-refractivity contribution in [3.05, 3.63) is 49.6 Å². The van der Waals surface area contributed by atoms with Crippen molar-refractivity contribution >= 4 is 29.8 Å². The van der Waals surface area contributed by atoms with Crippen LogP contribution in [0.25, 0.3) is 0 Å². The van der Waals surface area contributed by atoms with Crippen LogP contribution in [-0.4, -0.2) is 101 Å². The average molecular weight is 579 g/mol. The monoisotopic (exact) mass is 578 g/mol. The van der Waals surface area contributed by atoms with E-state index in [4.69, 9.17) is 19.7 Å². The molecule has 40 heavy (non-hydrogen) atoms. The van der Waals surface area contributed by atoms with Gasteiger partial charge in [-0.2, -0.15) is 0 Å². The van der Waals surface area contributed by atoms with E-state index in [9.17, 15) is 24.0 Å². The minimum absolute atomic E-state index is 0.0446. The number of rotatable bonds is 12. The standard InChI is InChI=1S/C7H14O3.C6H10O3.C5H8O3.C5H8O2.C4H6O2/c1-6(2)7(8)10-5-4-9-3;1-5(2)6(8)9-4-3-7;1-2-5(7)8-4-3-6;1-4(2)5(6)7-3;1-3-4(5)6-2/h6H,4-5H2,1-3H3;7H,1,3-4H2,2H3;2,6H,1,3-4H2;1H2,2-3H3;3H,1H2,2H3. The summed E-state index contributed by atoms with van der Waals surface area (Å²) < 4.78 is 26.7. The number of hydrogen-bond acceptors (Lipinski definition) is 13. The Morgan fingerprint density at radius 2 is 1.12 bits per heavy atom. The summed E-state index contributed by atoms with van der Waals surface area (Å²) in [5.74, 6) is -1.91. The molecule has 0 bridgehead atoms. The maximum absolute atomic E-state index is 10.7. The van der Waals surface area contributed by atoms with Crippen LogP contribution in [-0.2, 0) is 52.4 Å². The third-order valence-electron chi connectivity index (χ3n) is 3.08. The SMILES string of the molecule is C=C(C)C(=O)OC.C=C(C)C(=O)OCCO.C=CC(=O)OC.C=CC(=O)OCCO.COCCOC(=O)C(C)C. The van der Waals surface area contributed by atoms with Crippen molar-refractivity contribution in [3.8, 4) is 0 Å². The van der Waals surface area contributed by atoms with Crippen LogP contribution in [0.4, 0.5) is 0 Å². The molecule has 0 amide bonds. The van der Waals surface area contributed by atoms with E-state index in [1.807, 2.05) is 0 Å². The highest BCUT2D eigenvalue weighted by atomic mass is 16.6. The molecular weight excluding hydrogens is 532 g/mol. The molecule has 0 aliphatic heterocycles. The van der Waals surface area contributed by atoms with Gasteiger partial charge in [0.05, 0.1) is 40.0 Å². The Bertz CT molecular complexity index is 756. The number of aliphatic hydroxyl groups is 2. The normalized spacial score (nSPS) is 8.45. The molecule has 0 aromatic carbocycles. The molecule has 0 atom stereocenters. The third-order valence-corrected chi connectivity index (χ3v) is 3.08. The van der Waals surface area contributed by atoms with Crippen molar-refractivity contribution < 1.29 is 62.6 Å². The Balaban J connectivity index is -0.000000129. The van der Waals surface area contributed by atoms with E-state index >= 15 is 0 Å². The van der Waals surface area contributed by atoms with Crippen molar-refractivity contribution in [3.63, 3.8) is 0 Å². The van der Waals surface area contributed by atoms with Gasteiger partial charge in [0.25, 0.3) is 0 Å². The molecule has 0 aromatic rings. The van der Waals surface area contributed by atoms with Gasteiger partial charge in [-0.1, -0.05) is 40.2 Å². The van der Waals surface area contributed by atoms with Crippen LogP contribution >= 0.6 is 0 Å². The van der Waals surface area contributed by atoms with Gasteiger partial charge in [-0.25, -0.2) is 19.2 Å². The Hall–Kier alpha value is -3.81. The fraction of sp³-hybridized carbons (Fsp3) is 0.519. The molecule has 0 saturated heterocycles.